The van der Waals surface area contributed by atoms with Crippen LogP contribution in [0.25, 0.3) is 0 Å². The number of hydrogen-bond acceptors (Lipinski definition) is 5. The molecule has 114 valence electrons. The number of halogens is 1. The van der Waals surface area contributed by atoms with Crippen molar-refractivity contribution in [3.8, 4) is 11.5 Å². The quantitative estimate of drug-likeness (QED) is 0.748. The van der Waals surface area contributed by atoms with Gasteiger partial charge in [0.2, 0.25) is 11.8 Å². The SMILES string of the molecule is COc1cc(OC)c(NC(=O)C2CNC(=O)CN2)cc1Cl. The summed E-state index contributed by atoms with van der Waals surface area (Å²) in [6.07, 6.45) is 0. The molecule has 0 aromatic heterocycles. The second-order valence-corrected chi connectivity index (χ2v) is 4.82. The predicted molar refractivity (Wildman–Crippen MR) is 78.0 cm³/mol. The molecular formula is C13H16ClN3O4. The topological polar surface area (TPSA) is 88.7 Å². The monoisotopic (exact) mass is 313 g/mol. The highest BCUT2D eigenvalue weighted by Crippen LogP contribution is 2.35. The first-order valence-corrected chi connectivity index (χ1v) is 6.65. The van der Waals surface area contributed by atoms with Gasteiger partial charge in [0.05, 0.1) is 31.5 Å². The minimum absolute atomic E-state index is 0.110. The van der Waals surface area contributed by atoms with Crippen LogP contribution in [0.4, 0.5) is 5.69 Å². The Morgan fingerprint density at radius 1 is 1.33 bits per heavy atom. The van der Waals surface area contributed by atoms with Crippen molar-refractivity contribution in [1.82, 2.24) is 10.6 Å². The van der Waals surface area contributed by atoms with Gasteiger partial charge in [-0.1, -0.05) is 11.6 Å². The lowest BCUT2D eigenvalue weighted by atomic mass is 10.2. The van der Waals surface area contributed by atoms with Gasteiger partial charge < -0.3 is 20.1 Å². The van der Waals surface area contributed by atoms with E-state index >= 15 is 0 Å². The Labute approximate surface area is 126 Å². The van der Waals surface area contributed by atoms with E-state index in [9.17, 15) is 9.59 Å². The van der Waals surface area contributed by atoms with Crippen LogP contribution < -0.4 is 25.4 Å². The number of anilines is 1. The standard InChI is InChI=1S/C13H16ClN3O4/c1-20-10-4-11(21-2)8(3-7(10)14)17-13(19)9-5-16-12(18)6-15-9/h3-4,9,15H,5-6H2,1-2H3,(H,16,18)(H,17,19). The first-order chi connectivity index (χ1) is 10.0. The van der Waals surface area contributed by atoms with Crippen molar-refractivity contribution in [3.05, 3.63) is 17.2 Å². The van der Waals surface area contributed by atoms with E-state index in [0.717, 1.165) is 0 Å². The molecule has 0 aliphatic carbocycles. The van der Waals surface area contributed by atoms with Gasteiger partial charge in [0.1, 0.15) is 17.5 Å². The van der Waals surface area contributed by atoms with E-state index in [2.05, 4.69) is 16.0 Å². The lowest BCUT2D eigenvalue weighted by Gasteiger charge is -2.23. The Morgan fingerprint density at radius 3 is 2.62 bits per heavy atom. The van der Waals surface area contributed by atoms with Crippen molar-refractivity contribution in [3.63, 3.8) is 0 Å². The van der Waals surface area contributed by atoms with Crippen molar-refractivity contribution in [2.45, 2.75) is 6.04 Å². The molecule has 1 atom stereocenters. The highest BCUT2D eigenvalue weighted by molar-refractivity contribution is 6.32. The lowest BCUT2D eigenvalue weighted by molar-refractivity contribution is -0.124. The fourth-order valence-corrected chi connectivity index (χ4v) is 2.17. The number of rotatable bonds is 4. The van der Waals surface area contributed by atoms with E-state index in [1.165, 1.54) is 14.2 Å². The Kier molecular flexibility index (Phi) is 4.87. The van der Waals surface area contributed by atoms with Crippen LogP contribution in [0.15, 0.2) is 12.1 Å². The number of benzene rings is 1. The number of hydrogen-bond donors (Lipinski definition) is 3. The summed E-state index contributed by atoms with van der Waals surface area (Å²) in [5, 5.41) is 8.54. The molecule has 2 rings (SSSR count). The van der Waals surface area contributed by atoms with E-state index in [1.54, 1.807) is 12.1 Å². The molecule has 1 aromatic carbocycles. The number of carbonyl (C=O) groups is 2. The van der Waals surface area contributed by atoms with Crippen molar-refractivity contribution in [2.75, 3.05) is 32.6 Å². The summed E-state index contributed by atoms with van der Waals surface area (Å²) in [5.74, 6) is 0.470. The molecule has 7 nitrogen and oxygen atoms in total. The molecule has 1 unspecified atom stereocenters. The first kappa shape index (κ1) is 15.4. The molecule has 1 aromatic rings. The molecule has 0 bridgehead atoms. The van der Waals surface area contributed by atoms with E-state index in [4.69, 9.17) is 21.1 Å². The van der Waals surface area contributed by atoms with Crippen molar-refractivity contribution >= 4 is 29.1 Å². The Bertz CT molecular complexity index is 555. The van der Waals surface area contributed by atoms with E-state index in [1.807, 2.05) is 0 Å². The summed E-state index contributed by atoms with van der Waals surface area (Å²) in [6.45, 7) is 0.343. The second-order valence-electron chi connectivity index (χ2n) is 4.41. The summed E-state index contributed by atoms with van der Waals surface area (Å²) < 4.78 is 10.3. The van der Waals surface area contributed by atoms with Gasteiger partial charge in [-0.05, 0) is 6.07 Å². The van der Waals surface area contributed by atoms with Gasteiger partial charge in [0, 0.05) is 12.6 Å². The van der Waals surface area contributed by atoms with Gasteiger partial charge in [-0.15, -0.1) is 0 Å². The zero-order valence-electron chi connectivity index (χ0n) is 11.7. The Morgan fingerprint density at radius 2 is 2.05 bits per heavy atom. The largest absolute Gasteiger partial charge is 0.495 e. The molecule has 1 aliphatic rings. The van der Waals surface area contributed by atoms with Crippen LogP contribution >= 0.6 is 11.6 Å². The zero-order valence-corrected chi connectivity index (χ0v) is 12.4. The lowest BCUT2D eigenvalue weighted by Crippen LogP contribution is -2.56. The zero-order chi connectivity index (χ0) is 15.4. The molecule has 0 saturated carbocycles. The fourth-order valence-electron chi connectivity index (χ4n) is 1.93. The highest BCUT2D eigenvalue weighted by Gasteiger charge is 2.24. The number of methoxy groups -OCH3 is 2. The molecule has 1 aliphatic heterocycles. The van der Waals surface area contributed by atoms with Crippen LogP contribution in [0, 0.1) is 0 Å². The Hall–Kier alpha value is -1.99. The van der Waals surface area contributed by atoms with Crippen molar-refractivity contribution in [2.24, 2.45) is 0 Å². The van der Waals surface area contributed by atoms with Crippen LogP contribution in [0.2, 0.25) is 5.02 Å². The van der Waals surface area contributed by atoms with E-state index in [-0.39, 0.29) is 24.9 Å². The number of ether oxygens (including phenoxy) is 2. The van der Waals surface area contributed by atoms with Crippen LogP contribution in [-0.4, -0.2) is 45.2 Å². The molecule has 3 N–H and O–H groups in total. The third-order valence-corrected chi connectivity index (χ3v) is 3.36. The third-order valence-electron chi connectivity index (χ3n) is 3.06. The number of amides is 2. The molecular weight excluding hydrogens is 298 g/mol. The van der Waals surface area contributed by atoms with Gasteiger partial charge in [-0.25, -0.2) is 0 Å². The van der Waals surface area contributed by atoms with Gasteiger partial charge >= 0.3 is 0 Å². The molecule has 0 radical (unpaired) electrons. The molecule has 1 saturated heterocycles. The van der Waals surface area contributed by atoms with E-state index < -0.39 is 6.04 Å². The van der Waals surface area contributed by atoms with Crippen molar-refractivity contribution in [1.29, 1.82) is 0 Å². The smallest absolute Gasteiger partial charge is 0.243 e. The predicted octanol–water partition coefficient (Wildman–Crippen LogP) is 0.384. The minimum Gasteiger partial charge on any atom is -0.495 e. The molecule has 21 heavy (non-hydrogen) atoms. The fraction of sp³-hybridized carbons (Fsp3) is 0.385. The second kappa shape index (κ2) is 6.64. The maximum absolute atomic E-state index is 12.2. The molecule has 0 spiro atoms. The number of carbonyl (C=O) groups excluding carboxylic acids is 2. The van der Waals surface area contributed by atoms with Crippen LogP contribution in [-0.2, 0) is 9.59 Å². The average molecular weight is 314 g/mol. The number of nitrogens with one attached hydrogen (secondary N) is 3. The molecule has 1 fully saturated rings. The van der Waals surface area contributed by atoms with Crippen LogP contribution in [0.3, 0.4) is 0 Å². The van der Waals surface area contributed by atoms with Gasteiger partial charge in [0.25, 0.3) is 0 Å². The first-order valence-electron chi connectivity index (χ1n) is 6.27. The molecule has 8 heteroatoms. The van der Waals surface area contributed by atoms with Gasteiger partial charge in [-0.3, -0.25) is 14.9 Å². The summed E-state index contributed by atoms with van der Waals surface area (Å²) in [4.78, 5) is 23.2. The van der Waals surface area contributed by atoms with Gasteiger partial charge in [-0.2, -0.15) is 0 Å². The van der Waals surface area contributed by atoms with Crippen LogP contribution in [0.5, 0.6) is 11.5 Å². The number of piperazine rings is 1. The third kappa shape index (κ3) is 3.56. The molecule has 2 amide bonds. The Balaban J connectivity index is 2.13. The van der Waals surface area contributed by atoms with Gasteiger partial charge in [0.15, 0.2) is 0 Å². The summed E-state index contributed by atoms with van der Waals surface area (Å²) >= 11 is 6.04. The maximum atomic E-state index is 12.2. The van der Waals surface area contributed by atoms with Crippen LogP contribution in [0.1, 0.15) is 0 Å². The summed E-state index contributed by atoms with van der Waals surface area (Å²) in [7, 11) is 2.98. The highest BCUT2D eigenvalue weighted by atomic mass is 35.5. The minimum atomic E-state index is -0.506. The van der Waals surface area contributed by atoms with Crippen molar-refractivity contribution < 1.29 is 19.1 Å². The summed E-state index contributed by atoms with van der Waals surface area (Å²) in [5.41, 5.74) is 0.437. The molecule has 1 heterocycles. The normalized spacial score (nSPS) is 17.9. The summed E-state index contributed by atoms with van der Waals surface area (Å²) in [6, 6.07) is 2.64. The van der Waals surface area contributed by atoms with E-state index in [0.29, 0.717) is 22.2 Å². The average Bonchev–Trinajstić information content (AvgIpc) is 2.48. The maximum Gasteiger partial charge on any atom is 0.243 e.